The smallest absolute Gasteiger partial charge is 0.253 e. The van der Waals surface area contributed by atoms with Gasteiger partial charge in [0.25, 0.3) is 5.91 Å². The van der Waals surface area contributed by atoms with E-state index in [0.717, 1.165) is 10.4 Å². The normalized spacial score (nSPS) is 20.7. The Morgan fingerprint density at radius 2 is 2.09 bits per heavy atom. The average Bonchev–Trinajstić information content (AvgIpc) is 3.14. The lowest BCUT2D eigenvalue weighted by Crippen LogP contribution is -2.34. The fourth-order valence-corrected chi connectivity index (χ4v) is 3.49. The number of nitrogens with zero attached hydrogens (tertiary/aromatic N) is 1. The van der Waals surface area contributed by atoms with Gasteiger partial charge < -0.3 is 5.32 Å². The van der Waals surface area contributed by atoms with Gasteiger partial charge in [0.15, 0.2) is 0 Å². The van der Waals surface area contributed by atoms with E-state index in [1.807, 2.05) is 30.3 Å². The molecule has 1 aliphatic rings. The standard InChI is InChI=1S/C16H14ClN3O2S/c17-13-7-6-11(23-13)8-19-20-16(22)14-12(9-18-15(14)21)10-4-2-1-3-5-10/h1-8,12,14H,9H2,(H,18,21)(H,20,22)/b19-8-/t12-,14+/m1/s1. The number of benzene rings is 1. The Kier molecular flexibility index (Phi) is 4.73. The van der Waals surface area contributed by atoms with Gasteiger partial charge >= 0.3 is 0 Å². The first-order chi connectivity index (χ1) is 11.1. The molecule has 118 valence electrons. The number of hydrazone groups is 1. The zero-order valence-electron chi connectivity index (χ0n) is 12.0. The molecule has 0 radical (unpaired) electrons. The molecule has 0 spiro atoms. The van der Waals surface area contributed by atoms with E-state index in [-0.39, 0.29) is 11.8 Å². The minimum Gasteiger partial charge on any atom is -0.355 e. The van der Waals surface area contributed by atoms with E-state index < -0.39 is 11.8 Å². The van der Waals surface area contributed by atoms with Crippen molar-refractivity contribution < 1.29 is 9.59 Å². The third-order valence-electron chi connectivity index (χ3n) is 3.65. The van der Waals surface area contributed by atoms with Crippen molar-refractivity contribution in [1.29, 1.82) is 0 Å². The Hall–Kier alpha value is -2.18. The molecule has 3 rings (SSSR count). The highest BCUT2D eigenvalue weighted by Gasteiger charge is 2.40. The summed E-state index contributed by atoms with van der Waals surface area (Å²) in [7, 11) is 0. The van der Waals surface area contributed by atoms with Crippen molar-refractivity contribution in [2.75, 3.05) is 6.54 Å². The van der Waals surface area contributed by atoms with E-state index >= 15 is 0 Å². The van der Waals surface area contributed by atoms with Crippen LogP contribution in [0, 0.1) is 5.92 Å². The van der Waals surface area contributed by atoms with Crippen LogP contribution in [0.4, 0.5) is 0 Å². The van der Waals surface area contributed by atoms with Gasteiger partial charge in [-0.15, -0.1) is 11.3 Å². The molecule has 2 N–H and O–H groups in total. The molecular formula is C16H14ClN3O2S. The first-order valence-corrected chi connectivity index (χ1v) is 8.25. The molecule has 1 aromatic heterocycles. The van der Waals surface area contributed by atoms with Gasteiger partial charge in [0.2, 0.25) is 5.91 Å². The zero-order valence-corrected chi connectivity index (χ0v) is 13.6. The van der Waals surface area contributed by atoms with Crippen LogP contribution in [0.25, 0.3) is 0 Å². The molecule has 2 aromatic rings. The first kappa shape index (κ1) is 15.7. The largest absolute Gasteiger partial charge is 0.355 e. The van der Waals surface area contributed by atoms with Crippen molar-refractivity contribution in [2.24, 2.45) is 11.0 Å². The minimum atomic E-state index is -0.776. The summed E-state index contributed by atoms with van der Waals surface area (Å²) in [6.07, 6.45) is 1.51. The second-order valence-corrected chi connectivity index (χ2v) is 6.86. The molecule has 0 bridgehead atoms. The summed E-state index contributed by atoms with van der Waals surface area (Å²) in [5.74, 6) is -1.64. The minimum absolute atomic E-state index is 0.185. The Morgan fingerprint density at radius 1 is 1.30 bits per heavy atom. The molecule has 2 heterocycles. The molecule has 2 atom stereocenters. The van der Waals surface area contributed by atoms with Crippen LogP contribution in [0.1, 0.15) is 16.4 Å². The van der Waals surface area contributed by atoms with E-state index in [4.69, 9.17) is 11.6 Å². The van der Waals surface area contributed by atoms with Crippen LogP contribution in [0.15, 0.2) is 47.6 Å². The third-order valence-corrected chi connectivity index (χ3v) is 4.82. The number of hydrogen-bond acceptors (Lipinski definition) is 4. The number of halogens is 1. The summed E-state index contributed by atoms with van der Waals surface area (Å²) in [6.45, 7) is 0.450. The van der Waals surface area contributed by atoms with Crippen LogP contribution in [0.3, 0.4) is 0 Å². The van der Waals surface area contributed by atoms with Crippen molar-refractivity contribution in [3.05, 3.63) is 57.2 Å². The van der Waals surface area contributed by atoms with Gasteiger partial charge in [0, 0.05) is 17.3 Å². The molecule has 0 saturated carbocycles. The molecule has 23 heavy (non-hydrogen) atoms. The number of rotatable bonds is 4. The molecule has 0 unspecified atom stereocenters. The lowest BCUT2D eigenvalue weighted by Gasteiger charge is -2.15. The van der Waals surface area contributed by atoms with Gasteiger partial charge in [0.05, 0.1) is 10.6 Å². The molecule has 1 saturated heterocycles. The van der Waals surface area contributed by atoms with Crippen LogP contribution >= 0.6 is 22.9 Å². The highest BCUT2D eigenvalue weighted by atomic mass is 35.5. The van der Waals surface area contributed by atoms with Crippen LogP contribution < -0.4 is 10.7 Å². The summed E-state index contributed by atoms with van der Waals surface area (Å²) in [6, 6.07) is 13.1. The van der Waals surface area contributed by atoms with E-state index in [9.17, 15) is 9.59 Å². The Bertz CT molecular complexity index is 745. The van der Waals surface area contributed by atoms with Gasteiger partial charge in [-0.05, 0) is 17.7 Å². The SMILES string of the molecule is O=C1NC[C@H](c2ccccc2)[C@@H]1C(=O)N/N=C\c1ccc(Cl)s1. The topological polar surface area (TPSA) is 70.6 Å². The number of hydrogen-bond donors (Lipinski definition) is 2. The molecule has 2 amide bonds. The van der Waals surface area contributed by atoms with Crippen molar-refractivity contribution in [2.45, 2.75) is 5.92 Å². The number of carbonyl (C=O) groups is 2. The molecule has 1 aromatic carbocycles. The average molecular weight is 348 g/mol. The van der Waals surface area contributed by atoms with Crippen molar-refractivity contribution in [1.82, 2.24) is 10.7 Å². The lowest BCUT2D eigenvalue weighted by molar-refractivity contribution is -0.133. The van der Waals surface area contributed by atoms with Crippen molar-refractivity contribution in [3.8, 4) is 0 Å². The second-order valence-electron chi connectivity index (χ2n) is 5.12. The van der Waals surface area contributed by atoms with Crippen LogP contribution in [0.2, 0.25) is 4.34 Å². The van der Waals surface area contributed by atoms with E-state index in [0.29, 0.717) is 10.9 Å². The Morgan fingerprint density at radius 3 is 2.78 bits per heavy atom. The molecule has 1 aliphatic heterocycles. The quantitative estimate of drug-likeness (QED) is 0.506. The predicted octanol–water partition coefficient (Wildman–Crippen LogP) is 2.38. The van der Waals surface area contributed by atoms with Crippen LogP contribution in [-0.4, -0.2) is 24.6 Å². The molecular weight excluding hydrogens is 334 g/mol. The maximum absolute atomic E-state index is 12.3. The fourth-order valence-electron chi connectivity index (χ4n) is 2.56. The first-order valence-electron chi connectivity index (χ1n) is 7.06. The van der Waals surface area contributed by atoms with Crippen LogP contribution in [0.5, 0.6) is 0 Å². The summed E-state index contributed by atoms with van der Waals surface area (Å²) >= 11 is 7.18. The summed E-state index contributed by atoms with van der Waals surface area (Å²) < 4.78 is 0.650. The van der Waals surface area contributed by atoms with Gasteiger partial charge in [-0.25, -0.2) is 5.43 Å². The number of thiophene rings is 1. The molecule has 7 heteroatoms. The van der Waals surface area contributed by atoms with Gasteiger partial charge in [0.1, 0.15) is 5.92 Å². The highest BCUT2D eigenvalue weighted by Crippen LogP contribution is 2.29. The summed E-state index contributed by atoms with van der Waals surface area (Å²) in [4.78, 5) is 25.1. The fraction of sp³-hybridized carbons (Fsp3) is 0.188. The van der Waals surface area contributed by atoms with Crippen molar-refractivity contribution >= 4 is 41.0 Å². The van der Waals surface area contributed by atoms with Gasteiger partial charge in [-0.2, -0.15) is 5.10 Å². The Balaban J connectivity index is 1.69. The van der Waals surface area contributed by atoms with Crippen LogP contribution in [-0.2, 0) is 9.59 Å². The number of amides is 2. The van der Waals surface area contributed by atoms with Gasteiger partial charge in [-0.1, -0.05) is 41.9 Å². The number of nitrogens with one attached hydrogen (secondary N) is 2. The molecule has 0 aliphatic carbocycles. The summed E-state index contributed by atoms with van der Waals surface area (Å²) in [5.41, 5.74) is 3.40. The maximum atomic E-state index is 12.3. The van der Waals surface area contributed by atoms with E-state index in [2.05, 4.69) is 15.8 Å². The van der Waals surface area contributed by atoms with Gasteiger partial charge in [-0.3, -0.25) is 9.59 Å². The lowest BCUT2D eigenvalue weighted by atomic mass is 9.88. The van der Waals surface area contributed by atoms with E-state index in [1.165, 1.54) is 17.6 Å². The Labute approximate surface area is 142 Å². The number of carbonyl (C=O) groups excluding carboxylic acids is 2. The summed E-state index contributed by atoms with van der Waals surface area (Å²) in [5, 5.41) is 6.65. The maximum Gasteiger partial charge on any atom is 0.253 e. The second kappa shape index (κ2) is 6.93. The monoisotopic (exact) mass is 347 g/mol. The zero-order chi connectivity index (χ0) is 16.2. The predicted molar refractivity (Wildman–Crippen MR) is 90.7 cm³/mol. The highest BCUT2D eigenvalue weighted by molar-refractivity contribution is 7.17. The molecule has 1 fully saturated rings. The third kappa shape index (κ3) is 3.60. The van der Waals surface area contributed by atoms with Crippen molar-refractivity contribution in [3.63, 3.8) is 0 Å². The molecule has 5 nitrogen and oxygen atoms in total. The van der Waals surface area contributed by atoms with E-state index in [1.54, 1.807) is 12.1 Å².